The lowest BCUT2D eigenvalue weighted by atomic mass is 10.1. The van der Waals surface area contributed by atoms with Gasteiger partial charge < -0.3 is 19.7 Å². The van der Waals surface area contributed by atoms with Crippen LogP contribution in [-0.4, -0.2) is 17.6 Å². The Bertz CT molecular complexity index is 1070. The summed E-state index contributed by atoms with van der Waals surface area (Å²) in [6.45, 7) is 0.556. The van der Waals surface area contributed by atoms with Gasteiger partial charge >= 0.3 is 0 Å². The van der Waals surface area contributed by atoms with Crippen LogP contribution in [0.5, 0.6) is 11.5 Å². The van der Waals surface area contributed by atoms with Crippen molar-refractivity contribution in [1.29, 1.82) is 0 Å². The maximum atomic E-state index is 14.2. The Morgan fingerprint density at radius 1 is 1.00 bits per heavy atom. The third-order valence-corrected chi connectivity index (χ3v) is 5.01. The molecule has 6 heteroatoms. The normalized spacial score (nSPS) is 17.0. The second kappa shape index (κ2) is 6.56. The van der Waals surface area contributed by atoms with Gasteiger partial charge in [-0.3, -0.25) is 4.79 Å². The average Bonchev–Trinajstić information content (AvgIpc) is 3.28. The van der Waals surface area contributed by atoms with Gasteiger partial charge in [-0.25, -0.2) is 4.39 Å². The standard InChI is InChI=1S/C22H17FN2O3/c23-17-7-3-4-8-18(17)24-21-15-5-1-2-6-16(15)22(26)25(21)12-14-9-10-19-20(11-14)28-13-27-19/h1-11,21,24H,12-13H2/t21-/m1/s1. The van der Waals surface area contributed by atoms with E-state index < -0.39 is 6.17 Å². The number of nitrogens with zero attached hydrogens (tertiary/aromatic N) is 1. The highest BCUT2D eigenvalue weighted by Gasteiger charge is 2.37. The van der Waals surface area contributed by atoms with E-state index in [4.69, 9.17) is 9.47 Å². The van der Waals surface area contributed by atoms with Gasteiger partial charge in [0.05, 0.1) is 5.69 Å². The van der Waals surface area contributed by atoms with Gasteiger partial charge in [0.1, 0.15) is 12.0 Å². The van der Waals surface area contributed by atoms with E-state index in [1.807, 2.05) is 36.4 Å². The molecule has 0 unspecified atom stereocenters. The summed E-state index contributed by atoms with van der Waals surface area (Å²) in [4.78, 5) is 14.8. The maximum Gasteiger partial charge on any atom is 0.256 e. The summed E-state index contributed by atoms with van der Waals surface area (Å²) in [5.41, 5.74) is 2.71. The smallest absolute Gasteiger partial charge is 0.256 e. The maximum absolute atomic E-state index is 14.2. The first-order chi connectivity index (χ1) is 13.7. The fourth-order valence-corrected chi connectivity index (χ4v) is 3.65. The van der Waals surface area contributed by atoms with E-state index >= 15 is 0 Å². The number of hydrogen-bond donors (Lipinski definition) is 1. The first-order valence-electron chi connectivity index (χ1n) is 9.00. The molecule has 140 valence electrons. The van der Waals surface area contributed by atoms with Crippen LogP contribution in [0, 0.1) is 5.82 Å². The molecule has 5 nitrogen and oxygen atoms in total. The molecule has 0 fully saturated rings. The summed E-state index contributed by atoms with van der Waals surface area (Å²) >= 11 is 0. The van der Waals surface area contributed by atoms with Crippen molar-refractivity contribution in [3.8, 4) is 11.5 Å². The van der Waals surface area contributed by atoms with Gasteiger partial charge in [0.2, 0.25) is 6.79 Å². The molecular weight excluding hydrogens is 359 g/mol. The Labute approximate surface area is 161 Å². The molecule has 0 radical (unpaired) electrons. The third-order valence-electron chi connectivity index (χ3n) is 5.01. The number of hydrogen-bond acceptors (Lipinski definition) is 4. The highest BCUT2D eigenvalue weighted by atomic mass is 19.1. The summed E-state index contributed by atoms with van der Waals surface area (Å²) in [5, 5.41) is 3.19. The second-order valence-electron chi connectivity index (χ2n) is 6.73. The summed E-state index contributed by atoms with van der Waals surface area (Å²) in [5.74, 6) is 0.908. The van der Waals surface area contributed by atoms with Crippen LogP contribution in [0.1, 0.15) is 27.7 Å². The molecule has 2 aliphatic heterocycles. The highest BCUT2D eigenvalue weighted by Crippen LogP contribution is 2.38. The van der Waals surface area contributed by atoms with Crippen LogP contribution in [0.3, 0.4) is 0 Å². The molecule has 0 saturated heterocycles. The molecule has 0 spiro atoms. The summed E-state index contributed by atoms with van der Waals surface area (Å²) in [6, 6.07) is 19.5. The Kier molecular flexibility index (Phi) is 3.90. The Morgan fingerprint density at radius 2 is 1.79 bits per heavy atom. The van der Waals surface area contributed by atoms with Crippen molar-refractivity contribution in [2.75, 3.05) is 12.1 Å². The monoisotopic (exact) mass is 376 g/mol. The number of nitrogens with one attached hydrogen (secondary N) is 1. The number of carbonyl (C=O) groups is 1. The average molecular weight is 376 g/mol. The number of amides is 1. The SMILES string of the molecule is O=C1c2ccccc2[C@H](Nc2ccccc2F)N1Cc1ccc2c(c1)OCO2. The molecule has 1 amide bonds. The van der Waals surface area contributed by atoms with Gasteiger partial charge in [-0.2, -0.15) is 0 Å². The van der Waals surface area contributed by atoms with Crippen molar-refractivity contribution in [3.05, 3.63) is 89.2 Å². The number of ether oxygens (including phenoxy) is 2. The van der Waals surface area contributed by atoms with Crippen molar-refractivity contribution in [1.82, 2.24) is 4.90 Å². The van der Waals surface area contributed by atoms with Crippen LogP contribution >= 0.6 is 0 Å². The minimum atomic E-state index is -0.467. The lowest BCUT2D eigenvalue weighted by molar-refractivity contribution is 0.0728. The van der Waals surface area contributed by atoms with E-state index in [1.54, 1.807) is 29.2 Å². The number of para-hydroxylation sites is 1. The molecule has 28 heavy (non-hydrogen) atoms. The molecular formula is C22H17FN2O3. The van der Waals surface area contributed by atoms with Gasteiger partial charge in [0.25, 0.3) is 5.91 Å². The first-order valence-corrected chi connectivity index (χ1v) is 9.00. The molecule has 0 aliphatic carbocycles. The number of benzene rings is 3. The van der Waals surface area contributed by atoms with E-state index in [0.717, 1.165) is 11.1 Å². The second-order valence-corrected chi connectivity index (χ2v) is 6.73. The van der Waals surface area contributed by atoms with Crippen LogP contribution in [0.2, 0.25) is 0 Å². The summed E-state index contributed by atoms with van der Waals surface area (Å²) in [7, 11) is 0. The minimum Gasteiger partial charge on any atom is -0.454 e. The molecule has 2 aliphatic rings. The highest BCUT2D eigenvalue weighted by molar-refractivity contribution is 5.99. The summed E-state index contributed by atoms with van der Waals surface area (Å²) in [6.07, 6.45) is -0.467. The zero-order valence-corrected chi connectivity index (χ0v) is 14.9. The molecule has 0 bridgehead atoms. The van der Waals surface area contributed by atoms with Crippen LogP contribution in [0.4, 0.5) is 10.1 Å². The van der Waals surface area contributed by atoms with E-state index in [-0.39, 0.29) is 18.5 Å². The Hall–Kier alpha value is -3.54. The van der Waals surface area contributed by atoms with Crippen molar-refractivity contribution in [2.45, 2.75) is 12.7 Å². The van der Waals surface area contributed by atoms with Gasteiger partial charge in [0, 0.05) is 17.7 Å². The van der Waals surface area contributed by atoms with Crippen molar-refractivity contribution in [3.63, 3.8) is 0 Å². The lowest BCUT2D eigenvalue weighted by Crippen LogP contribution is -2.32. The predicted octanol–water partition coefficient (Wildman–Crippen LogP) is 4.32. The number of fused-ring (bicyclic) bond motifs is 2. The number of rotatable bonds is 4. The number of halogens is 1. The predicted molar refractivity (Wildman–Crippen MR) is 102 cm³/mol. The van der Waals surface area contributed by atoms with Crippen molar-refractivity contribution < 1.29 is 18.7 Å². The molecule has 3 aromatic rings. The summed E-state index contributed by atoms with van der Waals surface area (Å²) < 4.78 is 25.0. The van der Waals surface area contributed by atoms with Crippen molar-refractivity contribution >= 4 is 11.6 Å². The zero-order chi connectivity index (χ0) is 19.1. The Morgan fingerprint density at radius 3 is 2.68 bits per heavy atom. The Balaban J connectivity index is 1.50. The quantitative estimate of drug-likeness (QED) is 0.737. The molecule has 0 aromatic heterocycles. The van der Waals surface area contributed by atoms with E-state index in [2.05, 4.69) is 5.32 Å². The molecule has 5 rings (SSSR count). The fourth-order valence-electron chi connectivity index (χ4n) is 3.65. The fraction of sp³-hybridized carbons (Fsp3) is 0.136. The van der Waals surface area contributed by atoms with Gasteiger partial charge in [-0.05, 0) is 35.9 Å². The molecule has 1 N–H and O–H groups in total. The van der Waals surface area contributed by atoms with E-state index in [0.29, 0.717) is 29.3 Å². The number of anilines is 1. The topological polar surface area (TPSA) is 50.8 Å². The molecule has 0 saturated carbocycles. The largest absolute Gasteiger partial charge is 0.454 e. The molecule has 3 aromatic carbocycles. The van der Waals surface area contributed by atoms with Gasteiger partial charge in [-0.1, -0.05) is 36.4 Å². The van der Waals surface area contributed by atoms with Crippen LogP contribution in [0.25, 0.3) is 0 Å². The van der Waals surface area contributed by atoms with Crippen molar-refractivity contribution in [2.24, 2.45) is 0 Å². The third kappa shape index (κ3) is 2.74. The zero-order valence-electron chi connectivity index (χ0n) is 14.9. The van der Waals surface area contributed by atoms with Gasteiger partial charge in [0.15, 0.2) is 11.5 Å². The first kappa shape index (κ1) is 16.6. The minimum absolute atomic E-state index is 0.0953. The van der Waals surface area contributed by atoms with Gasteiger partial charge in [-0.15, -0.1) is 0 Å². The van der Waals surface area contributed by atoms with Crippen LogP contribution in [-0.2, 0) is 6.54 Å². The van der Waals surface area contributed by atoms with E-state index in [9.17, 15) is 9.18 Å². The van der Waals surface area contributed by atoms with E-state index in [1.165, 1.54) is 6.07 Å². The lowest BCUT2D eigenvalue weighted by Gasteiger charge is -2.27. The molecule has 1 atom stereocenters. The molecule has 2 heterocycles. The van der Waals surface area contributed by atoms with Crippen LogP contribution in [0.15, 0.2) is 66.7 Å². The number of carbonyl (C=O) groups excluding carboxylic acids is 1. The van der Waals surface area contributed by atoms with Crippen LogP contribution < -0.4 is 14.8 Å².